The van der Waals surface area contributed by atoms with E-state index in [-0.39, 0.29) is 11.3 Å². The molecule has 0 saturated heterocycles. The normalized spacial score (nSPS) is 42.1. The van der Waals surface area contributed by atoms with Gasteiger partial charge in [0.2, 0.25) is 0 Å². The number of pyridine rings is 1. The molecule has 4 nitrogen and oxygen atoms in total. The molecule has 1 N–H and O–H groups in total. The second-order valence-corrected chi connectivity index (χ2v) is 10.3. The van der Waals surface area contributed by atoms with Crippen LogP contribution >= 0.6 is 0 Å². The van der Waals surface area contributed by atoms with Gasteiger partial charge in [0.25, 0.3) is 5.91 Å². The number of aromatic nitrogens is 1. The van der Waals surface area contributed by atoms with Crippen molar-refractivity contribution in [1.82, 2.24) is 10.4 Å². The summed E-state index contributed by atoms with van der Waals surface area (Å²) in [5.74, 6) is 3.15. The number of hydrogen-bond donors (Lipinski definition) is 1. The number of nitrogens with zero attached hydrogens (tertiary/aromatic N) is 2. The lowest BCUT2D eigenvalue weighted by atomic mass is 9.46. The van der Waals surface area contributed by atoms with Crippen LogP contribution in [0.15, 0.2) is 41.8 Å². The molecule has 0 aliphatic heterocycles. The van der Waals surface area contributed by atoms with E-state index >= 15 is 0 Å². The molecular weight excluding hydrogens is 358 g/mol. The number of fused-ring (bicyclic) bond motifs is 5. The lowest BCUT2D eigenvalue weighted by Gasteiger charge is -2.59. The van der Waals surface area contributed by atoms with Crippen molar-refractivity contribution in [2.45, 2.75) is 65.2 Å². The maximum Gasteiger partial charge on any atom is 0.271 e. The Bertz CT molecular complexity index is 847. The number of allylic oxidation sites excluding steroid dienone is 2. The molecule has 0 bridgehead atoms. The van der Waals surface area contributed by atoms with Crippen LogP contribution in [0.1, 0.15) is 75.6 Å². The smallest absolute Gasteiger partial charge is 0.267 e. The van der Waals surface area contributed by atoms with E-state index < -0.39 is 0 Å². The third kappa shape index (κ3) is 2.98. The maximum atomic E-state index is 12.4. The number of carbonyl (C=O) groups is 1. The van der Waals surface area contributed by atoms with E-state index in [9.17, 15) is 4.79 Å². The molecular formula is C25H33N3O. The Morgan fingerprint density at radius 3 is 2.76 bits per heavy atom. The van der Waals surface area contributed by atoms with Crippen LogP contribution in [0, 0.1) is 34.5 Å². The fourth-order valence-electron chi connectivity index (χ4n) is 7.50. The van der Waals surface area contributed by atoms with E-state index in [2.05, 4.69) is 41.5 Å². The van der Waals surface area contributed by atoms with Crippen LogP contribution in [0.4, 0.5) is 0 Å². The third-order valence-electron chi connectivity index (χ3n) is 9.19. The first-order chi connectivity index (χ1) is 14.0. The highest BCUT2D eigenvalue weighted by Gasteiger charge is 2.58. The Hall–Kier alpha value is -1.97. The van der Waals surface area contributed by atoms with Crippen molar-refractivity contribution < 1.29 is 4.79 Å². The predicted octanol–water partition coefficient (Wildman–Crippen LogP) is 5.38. The maximum absolute atomic E-state index is 12.4. The summed E-state index contributed by atoms with van der Waals surface area (Å²) in [5.41, 5.74) is 5.32. The van der Waals surface area contributed by atoms with Crippen LogP contribution in [-0.4, -0.2) is 16.6 Å². The largest absolute Gasteiger partial charge is 0.271 e. The van der Waals surface area contributed by atoms with Gasteiger partial charge in [0.1, 0.15) is 0 Å². The zero-order valence-electron chi connectivity index (χ0n) is 17.7. The van der Waals surface area contributed by atoms with Gasteiger partial charge < -0.3 is 0 Å². The summed E-state index contributed by atoms with van der Waals surface area (Å²) >= 11 is 0. The fourth-order valence-corrected chi connectivity index (χ4v) is 7.50. The van der Waals surface area contributed by atoms with Crippen LogP contribution in [-0.2, 0) is 0 Å². The Morgan fingerprint density at radius 2 is 1.93 bits per heavy atom. The van der Waals surface area contributed by atoms with Crippen molar-refractivity contribution >= 4 is 11.6 Å². The molecule has 0 aromatic carbocycles. The molecule has 1 amide bonds. The highest BCUT2D eigenvalue weighted by Crippen LogP contribution is 2.64. The summed E-state index contributed by atoms with van der Waals surface area (Å²) in [6.07, 6.45) is 18.3. The van der Waals surface area contributed by atoms with Crippen molar-refractivity contribution in [2.75, 3.05) is 0 Å². The summed E-state index contributed by atoms with van der Waals surface area (Å²) < 4.78 is 0. The number of amides is 1. The SMILES string of the molecule is C[C@]12CC=CC[C@@H]1CC[C@@H]1[C@H]2CC[C@]2(C)/C(=N/NC(=O)c3ccncc3)CC[C@@H]12. The summed E-state index contributed by atoms with van der Waals surface area (Å²) in [6, 6.07) is 3.47. The first kappa shape index (κ1) is 19.0. The van der Waals surface area contributed by atoms with Gasteiger partial charge in [0, 0.05) is 29.1 Å². The van der Waals surface area contributed by atoms with E-state index in [1.165, 1.54) is 50.7 Å². The molecule has 29 heavy (non-hydrogen) atoms. The van der Waals surface area contributed by atoms with Gasteiger partial charge in [-0.25, -0.2) is 5.43 Å². The molecule has 4 aliphatic carbocycles. The standard InChI is InChI=1S/C25H33N3O/c1-24-13-4-3-5-18(24)6-7-19-20-8-9-22(25(20,2)14-10-21(19)24)27-28-23(29)17-11-15-26-16-12-17/h3-4,11-12,15-16,18-21H,5-10,13-14H2,1-2H3,(H,28,29)/b27-22+/t18-,19+,20+,21-,24+,25+/m1/s1. The van der Waals surface area contributed by atoms with Crippen molar-refractivity contribution in [3.63, 3.8) is 0 Å². The average molecular weight is 392 g/mol. The molecule has 3 fully saturated rings. The van der Waals surface area contributed by atoms with Gasteiger partial charge >= 0.3 is 0 Å². The number of nitrogens with one attached hydrogen (secondary N) is 1. The topological polar surface area (TPSA) is 54.4 Å². The molecule has 1 heterocycles. The molecule has 154 valence electrons. The van der Waals surface area contributed by atoms with Crippen LogP contribution in [0.3, 0.4) is 0 Å². The van der Waals surface area contributed by atoms with Gasteiger partial charge in [-0.2, -0.15) is 5.10 Å². The Kier molecular flexibility index (Phi) is 4.64. The van der Waals surface area contributed by atoms with Crippen molar-refractivity contribution in [1.29, 1.82) is 0 Å². The van der Waals surface area contributed by atoms with E-state index in [0.29, 0.717) is 11.0 Å². The molecule has 0 spiro atoms. The Morgan fingerprint density at radius 1 is 1.10 bits per heavy atom. The first-order valence-electron chi connectivity index (χ1n) is 11.4. The van der Waals surface area contributed by atoms with Gasteiger partial charge in [-0.3, -0.25) is 9.78 Å². The number of hydrazone groups is 1. The highest BCUT2D eigenvalue weighted by molar-refractivity contribution is 5.97. The van der Waals surface area contributed by atoms with Gasteiger partial charge in [-0.1, -0.05) is 26.0 Å². The molecule has 6 atom stereocenters. The van der Waals surface area contributed by atoms with Gasteiger partial charge in [-0.05, 0) is 92.6 Å². The third-order valence-corrected chi connectivity index (χ3v) is 9.19. The molecule has 0 radical (unpaired) electrons. The minimum Gasteiger partial charge on any atom is -0.267 e. The quantitative estimate of drug-likeness (QED) is 0.544. The predicted molar refractivity (Wildman–Crippen MR) is 115 cm³/mol. The second kappa shape index (κ2) is 7.07. The van der Waals surface area contributed by atoms with Crippen LogP contribution in [0.5, 0.6) is 0 Å². The fraction of sp³-hybridized carbons (Fsp3) is 0.640. The summed E-state index contributed by atoms with van der Waals surface area (Å²) in [7, 11) is 0. The molecule has 4 aliphatic rings. The van der Waals surface area contributed by atoms with Gasteiger partial charge in [0.05, 0.1) is 0 Å². The van der Waals surface area contributed by atoms with Crippen molar-refractivity contribution in [3.05, 3.63) is 42.2 Å². The second-order valence-electron chi connectivity index (χ2n) is 10.3. The Balaban J connectivity index is 1.35. The number of hydrogen-bond acceptors (Lipinski definition) is 3. The number of carbonyl (C=O) groups excluding carboxylic acids is 1. The van der Waals surface area contributed by atoms with E-state index in [1.54, 1.807) is 24.5 Å². The molecule has 1 aromatic heterocycles. The summed E-state index contributed by atoms with van der Waals surface area (Å²) in [5, 5.41) is 4.68. The molecule has 3 saturated carbocycles. The minimum atomic E-state index is -0.136. The van der Waals surface area contributed by atoms with Crippen molar-refractivity contribution in [2.24, 2.45) is 39.6 Å². The van der Waals surface area contributed by atoms with E-state index in [0.717, 1.165) is 30.1 Å². The van der Waals surface area contributed by atoms with Crippen LogP contribution in [0.25, 0.3) is 0 Å². The molecule has 1 aromatic rings. The average Bonchev–Trinajstić information content (AvgIpc) is 3.08. The molecule has 5 rings (SSSR count). The zero-order valence-corrected chi connectivity index (χ0v) is 17.7. The Labute approximate surface area is 174 Å². The first-order valence-corrected chi connectivity index (χ1v) is 11.4. The van der Waals surface area contributed by atoms with E-state index in [1.807, 2.05) is 0 Å². The monoisotopic (exact) mass is 391 g/mol. The van der Waals surface area contributed by atoms with Crippen LogP contribution < -0.4 is 5.43 Å². The van der Waals surface area contributed by atoms with Crippen LogP contribution in [0.2, 0.25) is 0 Å². The van der Waals surface area contributed by atoms with Gasteiger partial charge in [-0.15, -0.1) is 0 Å². The molecule has 0 unspecified atom stereocenters. The summed E-state index contributed by atoms with van der Waals surface area (Å²) in [6.45, 7) is 5.01. The lowest BCUT2D eigenvalue weighted by molar-refractivity contribution is -0.0761. The zero-order chi connectivity index (χ0) is 20.1. The highest BCUT2D eigenvalue weighted by atomic mass is 16.2. The van der Waals surface area contributed by atoms with Crippen molar-refractivity contribution in [3.8, 4) is 0 Å². The van der Waals surface area contributed by atoms with E-state index in [4.69, 9.17) is 0 Å². The van der Waals surface area contributed by atoms with Gasteiger partial charge in [0.15, 0.2) is 0 Å². The number of rotatable bonds is 2. The lowest BCUT2D eigenvalue weighted by Crippen LogP contribution is -2.52. The minimum absolute atomic E-state index is 0.136. The summed E-state index contributed by atoms with van der Waals surface area (Å²) in [4.78, 5) is 16.4. The molecule has 4 heteroatoms.